The van der Waals surface area contributed by atoms with Crippen molar-refractivity contribution in [1.29, 1.82) is 0 Å². The summed E-state index contributed by atoms with van der Waals surface area (Å²) in [6.45, 7) is 3.21. The Kier molecular flexibility index (Phi) is 5.17. The van der Waals surface area contributed by atoms with Gasteiger partial charge in [-0.15, -0.1) is 20.4 Å². The second-order valence-electron chi connectivity index (χ2n) is 3.90. The molecule has 2 rings (SSSR count). The number of aryl methyl sites for hydroxylation is 1. The molecule has 0 aliphatic rings. The Balaban J connectivity index is 1.82. The highest BCUT2D eigenvalue weighted by Gasteiger charge is 2.08. The highest BCUT2D eigenvalue weighted by atomic mass is 32.2. The first-order valence-corrected chi connectivity index (χ1v) is 7.67. The molecule has 0 atom stereocenters. The molecule has 0 aliphatic carbocycles. The molecular formula is C11H12N6O2S2. The summed E-state index contributed by atoms with van der Waals surface area (Å²) < 4.78 is 0. The van der Waals surface area contributed by atoms with E-state index in [1.807, 2.05) is 6.92 Å². The molecule has 0 aromatic carbocycles. The van der Waals surface area contributed by atoms with Crippen molar-refractivity contribution >= 4 is 45.9 Å². The van der Waals surface area contributed by atoms with E-state index in [9.17, 15) is 9.59 Å². The predicted molar refractivity (Wildman–Crippen MR) is 80.3 cm³/mol. The SMILES string of the molecule is CC(=O)Nc1ccc(SCC(=O)Nc2nnc(C)s2)nn1. The molecule has 0 radical (unpaired) electrons. The lowest BCUT2D eigenvalue weighted by molar-refractivity contribution is -0.114. The van der Waals surface area contributed by atoms with Crippen molar-refractivity contribution < 1.29 is 9.59 Å². The average molecular weight is 324 g/mol. The Morgan fingerprint density at radius 2 is 2.00 bits per heavy atom. The van der Waals surface area contributed by atoms with Gasteiger partial charge in [-0.25, -0.2) is 0 Å². The van der Waals surface area contributed by atoms with Crippen molar-refractivity contribution in [2.45, 2.75) is 18.9 Å². The van der Waals surface area contributed by atoms with E-state index in [1.54, 1.807) is 12.1 Å². The van der Waals surface area contributed by atoms with Crippen molar-refractivity contribution in [1.82, 2.24) is 20.4 Å². The van der Waals surface area contributed by atoms with Gasteiger partial charge in [0.15, 0.2) is 5.82 Å². The number of carbonyl (C=O) groups is 2. The molecular weight excluding hydrogens is 312 g/mol. The maximum absolute atomic E-state index is 11.7. The molecule has 0 unspecified atom stereocenters. The minimum absolute atomic E-state index is 0.187. The van der Waals surface area contributed by atoms with Crippen LogP contribution in [0.2, 0.25) is 0 Å². The van der Waals surface area contributed by atoms with Crippen molar-refractivity contribution in [3.8, 4) is 0 Å². The summed E-state index contributed by atoms with van der Waals surface area (Å²) >= 11 is 2.55. The lowest BCUT2D eigenvalue weighted by Crippen LogP contribution is -2.14. The molecule has 2 heterocycles. The van der Waals surface area contributed by atoms with Gasteiger partial charge in [-0.3, -0.25) is 14.9 Å². The Morgan fingerprint density at radius 3 is 2.57 bits per heavy atom. The van der Waals surface area contributed by atoms with Crippen LogP contribution in [0.5, 0.6) is 0 Å². The van der Waals surface area contributed by atoms with E-state index in [0.29, 0.717) is 16.0 Å². The van der Waals surface area contributed by atoms with Crippen LogP contribution in [-0.4, -0.2) is 38.0 Å². The monoisotopic (exact) mass is 324 g/mol. The number of carbonyl (C=O) groups excluding carboxylic acids is 2. The van der Waals surface area contributed by atoms with E-state index >= 15 is 0 Å². The van der Waals surface area contributed by atoms with Crippen molar-refractivity contribution in [2.75, 3.05) is 16.4 Å². The highest BCUT2D eigenvalue weighted by molar-refractivity contribution is 7.99. The van der Waals surface area contributed by atoms with Crippen LogP contribution >= 0.6 is 23.1 Å². The normalized spacial score (nSPS) is 10.2. The van der Waals surface area contributed by atoms with Crippen LogP contribution < -0.4 is 10.6 Å². The summed E-state index contributed by atoms with van der Waals surface area (Å²) in [4.78, 5) is 22.6. The Hall–Kier alpha value is -2.07. The van der Waals surface area contributed by atoms with Gasteiger partial charge in [-0.1, -0.05) is 23.1 Å². The van der Waals surface area contributed by atoms with E-state index in [-0.39, 0.29) is 17.6 Å². The van der Waals surface area contributed by atoms with Gasteiger partial charge in [0.2, 0.25) is 16.9 Å². The number of hydrogen-bond acceptors (Lipinski definition) is 8. The fourth-order valence-electron chi connectivity index (χ4n) is 1.29. The molecule has 110 valence electrons. The minimum atomic E-state index is -0.212. The summed E-state index contributed by atoms with van der Waals surface area (Å²) in [5.41, 5.74) is 0. The van der Waals surface area contributed by atoms with Crippen molar-refractivity contribution in [3.63, 3.8) is 0 Å². The lowest BCUT2D eigenvalue weighted by Gasteiger charge is -2.02. The zero-order valence-electron chi connectivity index (χ0n) is 11.3. The summed E-state index contributed by atoms with van der Waals surface area (Å²) in [5, 5.41) is 22.4. The van der Waals surface area contributed by atoms with Crippen LogP contribution in [0, 0.1) is 6.92 Å². The number of thioether (sulfide) groups is 1. The van der Waals surface area contributed by atoms with Gasteiger partial charge in [-0.05, 0) is 19.1 Å². The number of nitrogens with zero attached hydrogens (tertiary/aromatic N) is 4. The van der Waals surface area contributed by atoms with Gasteiger partial charge in [0.1, 0.15) is 10.0 Å². The van der Waals surface area contributed by atoms with Crippen LogP contribution in [0.1, 0.15) is 11.9 Å². The molecule has 10 heteroatoms. The second kappa shape index (κ2) is 7.09. The highest BCUT2D eigenvalue weighted by Crippen LogP contribution is 2.17. The summed E-state index contributed by atoms with van der Waals surface area (Å²) in [7, 11) is 0. The van der Waals surface area contributed by atoms with Crippen LogP contribution in [0.4, 0.5) is 10.9 Å². The molecule has 0 saturated heterocycles. The number of hydrogen-bond donors (Lipinski definition) is 2. The van der Waals surface area contributed by atoms with Gasteiger partial charge < -0.3 is 5.32 Å². The topological polar surface area (TPSA) is 110 Å². The number of aromatic nitrogens is 4. The molecule has 0 fully saturated rings. The molecule has 2 N–H and O–H groups in total. The smallest absolute Gasteiger partial charge is 0.236 e. The maximum Gasteiger partial charge on any atom is 0.236 e. The van der Waals surface area contributed by atoms with Crippen molar-refractivity contribution in [3.05, 3.63) is 17.1 Å². The Morgan fingerprint density at radius 1 is 1.19 bits per heavy atom. The Bertz CT molecular complexity index is 642. The van der Waals surface area contributed by atoms with E-state index in [1.165, 1.54) is 30.0 Å². The van der Waals surface area contributed by atoms with E-state index in [2.05, 4.69) is 31.0 Å². The zero-order valence-corrected chi connectivity index (χ0v) is 12.9. The molecule has 2 aromatic heterocycles. The summed E-state index contributed by atoms with van der Waals surface area (Å²) in [6.07, 6.45) is 0. The van der Waals surface area contributed by atoms with Crippen LogP contribution in [0.3, 0.4) is 0 Å². The third kappa shape index (κ3) is 5.08. The molecule has 0 aliphatic heterocycles. The van der Waals surface area contributed by atoms with E-state index in [4.69, 9.17) is 0 Å². The maximum atomic E-state index is 11.7. The first kappa shape index (κ1) is 15.3. The number of amides is 2. The van der Waals surface area contributed by atoms with Gasteiger partial charge in [0.05, 0.1) is 5.75 Å². The number of anilines is 2. The van der Waals surface area contributed by atoms with Crippen LogP contribution in [0.15, 0.2) is 17.2 Å². The fraction of sp³-hybridized carbons (Fsp3) is 0.273. The van der Waals surface area contributed by atoms with Crippen LogP contribution in [-0.2, 0) is 9.59 Å². The number of nitrogens with one attached hydrogen (secondary N) is 2. The van der Waals surface area contributed by atoms with Gasteiger partial charge in [-0.2, -0.15) is 0 Å². The molecule has 8 nitrogen and oxygen atoms in total. The molecule has 2 aromatic rings. The Labute approximate surface area is 128 Å². The van der Waals surface area contributed by atoms with Crippen molar-refractivity contribution in [2.24, 2.45) is 0 Å². The summed E-state index contributed by atoms with van der Waals surface area (Å²) in [5.74, 6) is 0.160. The quantitative estimate of drug-likeness (QED) is 0.798. The van der Waals surface area contributed by atoms with Gasteiger partial charge >= 0.3 is 0 Å². The standard InChI is InChI=1S/C11H12N6O2S2/c1-6(18)12-8-3-4-10(16-15-8)20-5-9(19)13-11-17-14-7(2)21-11/h3-4H,5H2,1-2H3,(H,12,15,18)(H,13,17,19). The predicted octanol–water partition coefficient (Wildman–Crippen LogP) is 1.33. The molecule has 2 amide bonds. The third-order valence-corrected chi connectivity index (χ3v) is 3.74. The molecule has 0 spiro atoms. The molecule has 0 bridgehead atoms. The summed E-state index contributed by atoms with van der Waals surface area (Å²) in [6, 6.07) is 3.31. The lowest BCUT2D eigenvalue weighted by atomic mass is 10.5. The largest absolute Gasteiger partial charge is 0.309 e. The molecule has 0 saturated carbocycles. The second-order valence-corrected chi connectivity index (χ2v) is 6.08. The van der Waals surface area contributed by atoms with Gasteiger partial charge in [0, 0.05) is 6.92 Å². The zero-order chi connectivity index (χ0) is 15.2. The van der Waals surface area contributed by atoms with Gasteiger partial charge in [0.25, 0.3) is 0 Å². The fourth-order valence-corrected chi connectivity index (χ4v) is 2.51. The minimum Gasteiger partial charge on any atom is -0.309 e. The number of rotatable bonds is 5. The average Bonchev–Trinajstić information content (AvgIpc) is 2.83. The van der Waals surface area contributed by atoms with Crippen LogP contribution in [0.25, 0.3) is 0 Å². The van der Waals surface area contributed by atoms with E-state index in [0.717, 1.165) is 5.01 Å². The van der Waals surface area contributed by atoms with E-state index < -0.39 is 0 Å². The first-order chi connectivity index (χ1) is 10.0. The molecule has 21 heavy (non-hydrogen) atoms. The third-order valence-electron chi connectivity index (χ3n) is 2.07. The first-order valence-electron chi connectivity index (χ1n) is 5.87.